The number of rotatable bonds is 2. The van der Waals surface area contributed by atoms with Gasteiger partial charge in [0.25, 0.3) is 5.56 Å². The predicted octanol–water partition coefficient (Wildman–Crippen LogP) is 0.178. The number of hydrogen-bond acceptors (Lipinski definition) is 4. The fourth-order valence-electron chi connectivity index (χ4n) is 2.14. The van der Waals surface area contributed by atoms with Gasteiger partial charge in [0.15, 0.2) is 0 Å². The van der Waals surface area contributed by atoms with E-state index in [1.165, 1.54) is 0 Å². The van der Waals surface area contributed by atoms with E-state index in [1.807, 2.05) is 18.7 Å². The third-order valence-electron chi connectivity index (χ3n) is 3.09. The minimum absolute atomic E-state index is 0.0227. The van der Waals surface area contributed by atoms with Crippen molar-refractivity contribution < 1.29 is 0 Å². The summed E-state index contributed by atoms with van der Waals surface area (Å²) >= 11 is 0. The van der Waals surface area contributed by atoms with Gasteiger partial charge in [-0.05, 0) is 19.8 Å². The molecule has 5 heteroatoms. The van der Waals surface area contributed by atoms with Gasteiger partial charge >= 0.3 is 0 Å². The maximum atomic E-state index is 11.8. The normalized spacial score (nSPS) is 20.4. The molecule has 5 nitrogen and oxygen atoms in total. The summed E-state index contributed by atoms with van der Waals surface area (Å²) in [7, 11) is 0. The van der Waals surface area contributed by atoms with Crippen LogP contribution in [0.5, 0.6) is 0 Å². The molecule has 1 aromatic rings. The highest BCUT2D eigenvalue weighted by molar-refractivity contribution is 5.34. The molecule has 88 valence electrons. The van der Waals surface area contributed by atoms with E-state index in [0.29, 0.717) is 12.4 Å². The Hall–Kier alpha value is -1.36. The van der Waals surface area contributed by atoms with Crippen LogP contribution < -0.4 is 16.2 Å². The summed E-state index contributed by atoms with van der Waals surface area (Å²) in [6.45, 7) is 5.49. The smallest absolute Gasteiger partial charge is 0.255 e. The highest BCUT2D eigenvalue weighted by Gasteiger charge is 2.21. The molecule has 2 heterocycles. The van der Waals surface area contributed by atoms with Crippen LogP contribution in [-0.2, 0) is 6.42 Å². The molecule has 0 aromatic carbocycles. The fraction of sp³-hybridized carbons (Fsp3) is 0.636. The topological polar surface area (TPSA) is 75.0 Å². The molecular formula is C11H18N4O. The predicted molar refractivity (Wildman–Crippen MR) is 63.8 cm³/mol. The Morgan fingerprint density at radius 3 is 2.88 bits per heavy atom. The molecule has 1 aromatic heterocycles. The first-order chi connectivity index (χ1) is 7.61. The standard InChI is InChI=1S/C11H18N4O/c1-3-9-7(2)13-11(14-10(9)16)15-5-4-8(12)6-15/h8H,3-6,12H2,1-2H3,(H,13,14,16). The van der Waals surface area contributed by atoms with Gasteiger partial charge in [-0.2, -0.15) is 0 Å². The van der Waals surface area contributed by atoms with Crippen molar-refractivity contribution in [2.45, 2.75) is 32.7 Å². The van der Waals surface area contributed by atoms with Crippen molar-refractivity contribution in [3.63, 3.8) is 0 Å². The lowest BCUT2D eigenvalue weighted by atomic mass is 10.2. The van der Waals surface area contributed by atoms with Gasteiger partial charge in [0, 0.05) is 30.4 Å². The van der Waals surface area contributed by atoms with Gasteiger partial charge in [0.05, 0.1) is 0 Å². The van der Waals surface area contributed by atoms with Crippen molar-refractivity contribution in [1.29, 1.82) is 0 Å². The number of aromatic nitrogens is 2. The Balaban J connectivity index is 2.33. The Labute approximate surface area is 94.7 Å². The van der Waals surface area contributed by atoms with Gasteiger partial charge in [-0.3, -0.25) is 9.78 Å². The first kappa shape index (κ1) is 11.1. The summed E-state index contributed by atoms with van der Waals surface area (Å²) in [4.78, 5) is 21.1. The van der Waals surface area contributed by atoms with Crippen LogP contribution in [0.25, 0.3) is 0 Å². The van der Waals surface area contributed by atoms with Crippen molar-refractivity contribution in [2.24, 2.45) is 5.73 Å². The van der Waals surface area contributed by atoms with E-state index >= 15 is 0 Å². The minimum Gasteiger partial charge on any atom is -0.341 e. The van der Waals surface area contributed by atoms with E-state index in [1.54, 1.807) is 0 Å². The molecule has 1 atom stereocenters. The molecule has 2 rings (SSSR count). The van der Waals surface area contributed by atoms with Gasteiger partial charge in [0.2, 0.25) is 5.95 Å². The summed E-state index contributed by atoms with van der Waals surface area (Å²) in [6.07, 6.45) is 1.67. The SMILES string of the molecule is CCc1c(C)nc(N2CCC(N)C2)[nH]c1=O. The molecule has 0 aliphatic carbocycles. The molecule has 1 saturated heterocycles. The Morgan fingerprint density at radius 1 is 1.62 bits per heavy atom. The number of nitrogens with two attached hydrogens (primary N) is 1. The van der Waals surface area contributed by atoms with Crippen LogP contribution in [0.15, 0.2) is 4.79 Å². The average Bonchev–Trinajstić information content (AvgIpc) is 2.64. The number of aromatic amines is 1. The second-order valence-corrected chi connectivity index (χ2v) is 4.30. The van der Waals surface area contributed by atoms with Crippen molar-refractivity contribution in [1.82, 2.24) is 9.97 Å². The number of nitrogens with zero attached hydrogens (tertiary/aromatic N) is 2. The lowest BCUT2D eigenvalue weighted by Gasteiger charge is -2.17. The summed E-state index contributed by atoms with van der Waals surface area (Å²) < 4.78 is 0. The third-order valence-corrected chi connectivity index (χ3v) is 3.09. The van der Waals surface area contributed by atoms with Crippen LogP contribution in [0.2, 0.25) is 0 Å². The van der Waals surface area contributed by atoms with Gasteiger partial charge in [-0.1, -0.05) is 6.92 Å². The van der Waals surface area contributed by atoms with Crippen LogP contribution in [0.1, 0.15) is 24.6 Å². The second-order valence-electron chi connectivity index (χ2n) is 4.30. The zero-order valence-electron chi connectivity index (χ0n) is 9.79. The lowest BCUT2D eigenvalue weighted by Crippen LogP contribution is -2.30. The van der Waals surface area contributed by atoms with E-state index in [4.69, 9.17) is 5.73 Å². The number of aryl methyl sites for hydroxylation is 1. The van der Waals surface area contributed by atoms with Crippen molar-refractivity contribution in [3.8, 4) is 0 Å². The summed E-state index contributed by atoms with van der Waals surface area (Å²) in [5, 5.41) is 0. The van der Waals surface area contributed by atoms with Crippen LogP contribution in [0, 0.1) is 6.92 Å². The molecule has 1 aliphatic heterocycles. The van der Waals surface area contributed by atoms with Crippen LogP contribution in [0.3, 0.4) is 0 Å². The second kappa shape index (κ2) is 4.25. The van der Waals surface area contributed by atoms with Crippen LogP contribution in [-0.4, -0.2) is 29.1 Å². The number of hydrogen-bond donors (Lipinski definition) is 2. The number of H-pyrrole nitrogens is 1. The monoisotopic (exact) mass is 222 g/mol. The van der Waals surface area contributed by atoms with Gasteiger partial charge in [0.1, 0.15) is 0 Å². The molecule has 0 amide bonds. The molecule has 0 saturated carbocycles. The Morgan fingerprint density at radius 2 is 2.38 bits per heavy atom. The number of anilines is 1. The largest absolute Gasteiger partial charge is 0.341 e. The van der Waals surface area contributed by atoms with Crippen LogP contribution in [0.4, 0.5) is 5.95 Å². The van der Waals surface area contributed by atoms with E-state index in [0.717, 1.165) is 30.8 Å². The third kappa shape index (κ3) is 1.95. The maximum absolute atomic E-state index is 11.8. The maximum Gasteiger partial charge on any atom is 0.255 e. The summed E-state index contributed by atoms with van der Waals surface area (Å²) in [5.41, 5.74) is 7.40. The summed E-state index contributed by atoms with van der Waals surface area (Å²) in [5.74, 6) is 0.660. The molecule has 1 aliphatic rings. The summed E-state index contributed by atoms with van der Waals surface area (Å²) in [6, 6.07) is 0.191. The highest BCUT2D eigenvalue weighted by atomic mass is 16.1. The van der Waals surface area contributed by atoms with Crippen molar-refractivity contribution in [3.05, 3.63) is 21.6 Å². The molecule has 3 N–H and O–H groups in total. The van der Waals surface area contributed by atoms with Crippen molar-refractivity contribution >= 4 is 5.95 Å². The Kier molecular flexibility index (Phi) is 2.96. The van der Waals surface area contributed by atoms with E-state index in [-0.39, 0.29) is 11.6 Å². The first-order valence-corrected chi connectivity index (χ1v) is 5.72. The lowest BCUT2D eigenvalue weighted by molar-refractivity contribution is 0.749. The molecule has 0 radical (unpaired) electrons. The van der Waals surface area contributed by atoms with Crippen LogP contribution >= 0.6 is 0 Å². The quantitative estimate of drug-likeness (QED) is 0.748. The molecule has 1 fully saturated rings. The highest BCUT2D eigenvalue weighted by Crippen LogP contribution is 2.14. The molecular weight excluding hydrogens is 204 g/mol. The first-order valence-electron chi connectivity index (χ1n) is 5.72. The Bertz CT molecular complexity index is 440. The van der Waals surface area contributed by atoms with E-state index in [2.05, 4.69) is 9.97 Å². The zero-order chi connectivity index (χ0) is 11.7. The fourth-order valence-corrected chi connectivity index (χ4v) is 2.14. The van der Waals surface area contributed by atoms with E-state index in [9.17, 15) is 4.79 Å². The number of nitrogens with one attached hydrogen (secondary N) is 1. The van der Waals surface area contributed by atoms with Gasteiger partial charge < -0.3 is 10.6 Å². The molecule has 1 unspecified atom stereocenters. The molecule has 0 spiro atoms. The molecule has 16 heavy (non-hydrogen) atoms. The van der Waals surface area contributed by atoms with Crippen molar-refractivity contribution in [2.75, 3.05) is 18.0 Å². The van der Waals surface area contributed by atoms with Gasteiger partial charge in [-0.25, -0.2) is 4.98 Å². The molecule has 0 bridgehead atoms. The zero-order valence-corrected chi connectivity index (χ0v) is 9.79. The van der Waals surface area contributed by atoms with Gasteiger partial charge in [-0.15, -0.1) is 0 Å². The average molecular weight is 222 g/mol. The minimum atomic E-state index is -0.0227. The van der Waals surface area contributed by atoms with E-state index < -0.39 is 0 Å².